The van der Waals surface area contributed by atoms with Crippen molar-refractivity contribution in [3.63, 3.8) is 0 Å². The van der Waals surface area contributed by atoms with Gasteiger partial charge in [-0.25, -0.2) is 0 Å². The second-order valence-electron chi connectivity index (χ2n) is 5.57. The molecule has 0 aliphatic heterocycles. The van der Waals surface area contributed by atoms with E-state index in [-0.39, 0.29) is 12.1 Å². The minimum Gasteiger partial charge on any atom is -0.494 e. The fourth-order valence-corrected chi connectivity index (χ4v) is 2.01. The summed E-state index contributed by atoms with van der Waals surface area (Å²) in [5, 5.41) is 12.7. The molecule has 19 heavy (non-hydrogen) atoms. The predicted octanol–water partition coefficient (Wildman–Crippen LogP) is 2.94. The van der Waals surface area contributed by atoms with E-state index in [0.29, 0.717) is 12.5 Å². The van der Waals surface area contributed by atoms with Gasteiger partial charge in [0.15, 0.2) is 0 Å². The van der Waals surface area contributed by atoms with Crippen LogP contribution in [0.3, 0.4) is 0 Å². The van der Waals surface area contributed by atoms with Crippen LogP contribution in [0.5, 0.6) is 5.75 Å². The number of aliphatic hydroxyl groups excluding tert-OH is 1. The van der Waals surface area contributed by atoms with Crippen molar-refractivity contribution in [2.24, 2.45) is 0 Å². The number of rotatable bonds is 8. The van der Waals surface area contributed by atoms with Crippen LogP contribution in [0.1, 0.15) is 45.6 Å². The van der Waals surface area contributed by atoms with E-state index in [1.807, 2.05) is 26.0 Å². The van der Waals surface area contributed by atoms with Gasteiger partial charge in [0, 0.05) is 12.0 Å². The first-order valence-electron chi connectivity index (χ1n) is 7.09. The number of hydrogen-bond acceptors (Lipinski definition) is 3. The zero-order valence-corrected chi connectivity index (χ0v) is 12.6. The van der Waals surface area contributed by atoms with E-state index in [0.717, 1.165) is 18.7 Å². The highest BCUT2D eigenvalue weighted by molar-refractivity contribution is 5.30. The number of benzene rings is 1. The SMILES string of the molecule is CCNC(C)(CO)CCOc1cccc(C(C)C)c1. The number of aliphatic hydroxyl groups is 1. The molecule has 0 amide bonds. The summed E-state index contributed by atoms with van der Waals surface area (Å²) in [7, 11) is 0. The molecule has 1 atom stereocenters. The lowest BCUT2D eigenvalue weighted by Crippen LogP contribution is -2.46. The van der Waals surface area contributed by atoms with Crippen molar-refractivity contribution < 1.29 is 9.84 Å². The molecule has 1 aromatic carbocycles. The lowest BCUT2D eigenvalue weighted by molar-refractivity contribution is 0.146. The summed E-state index contributed by atoms with van der Waals surface area (Å²) in [5.74, 6) is 1.41. The predicted molar refractivity (Wildman–Crippen MR) is 79.8 cm³/mol. The highest BCUT2D eigenvalue weighted by atomic mass is 16.5. The van der Waals surface area contributed by atoms with Gasteiger partial charge in [-0.05, 0) is 37.1 Å². The molecule has 0 aliphatic rings. The lowest BCUT2D eigenvalue weighted by Gasteiger charge is -2.28. The van der Waals surface area contributed by atoms with Gasteiger partial charge in [-0.15, -0.1) is 0 Å². The van der Waals surface area contributed by atoms with Crippen LogP contribution in [0.4, 0.5) is 0 Å². The van der Waals surface area contributed by atoms with Gasteiger partial charge in [0.1, 0.15) is 5.75 Å². The van der Waals surface area contributed by atoms with Gasteiger partial charge in [0.05, 0.1) is 13.2 Å². The Labute approximate surface area is 117 Å². The summed E-state index contributed by atoms with van der Waals surface area (Å²) < 4.78 is 5.79. The van der Waals surface area contributed by atoms with Gasteiger partial charge < -0.3 is 15.2 Å². The molecule has 1 rings (SSSR count). The normalized spacial score (nSPS) is 14.4. The summed E-state index contributed by atoms with van der Waals surface area (Å²) in [5.41, 5.74) is 1.03. The molecule has 0 aliphatic carbocycles. The third-order valence-electron chi connectivity index (χ3n) is 3.40. The standard InChI is InChI=1S/C16H27NO2/c1-5-17-16(4,12-18)9-10-19-15-8-6-7-14(11-15)13(2)3/h6-8,11,13,17-18H,5,9-10,12H2,1-4H3. The molecule has 0 heterocycles. The molecule has 1 unspecified atom stereocenters. The average Bonchev–Trinajstić information content (AvgIpc) is 2.39. The van der Waals surface area contributed by atoms with E-state index in [9.17, 15) is 5.11 Å². The Morgan fingerprint density at radius 1 is 1.37 bits per heavy atom. The van der Waals surface area contributed by atoms with Gasteiger partial charge >= 0.3 is 0 Å². The molecule has 0 radical (unpaired) electrons. The zero-order chi connectivity index (χ0) is 14.3. The van der Waals surface area contributed by atoms with Crippen molar-refractivity contribution in [1.82, 2.24) is 5.32 Å². The summed E-state index contributed by atoms with van der Waals surface area (Å²) in [4.78, 5) is 0. The van der Waals surface area contributed by atoms with E-state index in [1.54, 1.807) is 0 Å². The molecule has 0 aromatic heterocycles. The first kappa shape index (κ1) is 16.0. The number of likely N-dealkylation sites (N-methyl/N-ethyl adjacent to an activating group) is 1. The molecule has 0 spiro atoms. The molecule has 0 fully saturated rings. The number of nitrogens with one attached hydrogen (secondary N) is 1. The molecule has 0 saturated carbocycles. The molecule has 0 bridgehead atoms. The van der Waals surface area contributed by atoms with E-state index < -0.39 is 0 Å². The highest BCUT2D eigenvalue weighted by Crippen LogP contribution is 2.20. The maximum atomic E-state index is 9.41. The Morgan fingerprint density at radius 3 is 2.68 bits per heavy atom. The first-order valence-corrected chi connectivity index (χ1v) is 7.09. The van der Waals surface area contributed by atoms with Crippen molar-refractivity contribution in [3.05, 3.63) is 29.8 Å². The second kappa shape index (κ2) is 7.51. The molecule has 108 valence electrons. The Morgan fingerprint density at radius 2 is 2.11 bits per heavy atom. The fourth-order valence-electron chi connectivity index (χ4n) is 2.01. The smallest absolute Gasteiger partial charge is 0.119 e. The van der Waals surface area contributed by atoms with E-state index in [2.05, 4.69) is 31.3 Å². The van der Waals surface area contributed by atoms with Gasteiger partial charge in [-0.3, -0.25) is 0 Å². The largest absolute Gasteiger partial charge is 0.494 e. The van der Waals surface area contributed by atoms with Crippen molar-refractivity contribution >= 4 is 0 Å². The Balaban J connectivity index is 2.50. The maximum absolute atomic E-state index is 9.41. The maximum Gasteiger partial charge on any atom is 0.119 e. The molecule has 2 N–H and O–H groups in total. The third kappa shape index (κ3) is 5.21. The minimum atomic E-state index is -0.260. The van der Waals surface area contributed by atoms with Crippen LogP contribution in [0.15, 0.2) is 24.3 Å². The van der Waals surface area contributed by atoms with Crippen LogP contribution >= 0.6 is 0 Å². The van der Waals surface area contributed by atoms with Crippen LogP contribution in [-0.4, -0.2) is 30.4 Å². The van der Waals surface area contributed by atoms with Gasteiger partial charge in [-0.2, -0.15) is 0 Å². The van der Waals surface area contributed by atoms with E-state index in [4.69, 9.17) is 4.74 Å². The summed E-state index contributed by atoms with van der Waals surface area (Å²) in [6.45, 7) is 9.98. The Hall–Kier alpha value is -1.06. The fraction of sp³-hybridized carbons (Fsp3) is 0.625. The molecular weight excluding hydrogens is 238 g/mol. The highest BCUT2D eigenvalue weighted by Gasteiger charge is 2.21. The van der Waals surface area contributed by atoms with Crippen molar-refractivity contribution in [3.8, 4) is 5.75 Å². The second-order valence-corrected chi connectivity index (χ2v) is 5.57. The number of ether oxygens (including phenoxy) is 1. The van der Waals surface area contributed by atoms with Crippen LogP contribution < -0.4 is 10.1 Å². The van der Waals surface area contributed by atoms with E-state index >= 15 is 0 Å². The Bertz CT molecular complexity index is 379. The van der Waals surface area contributed by atoms with Gasteiger partial charge in [-0.1, -0.05) is 32.9 Å². The molecule has 3 heteroatoms. The van der Waals surface area contributed by atoms with Crippen LogP contribution in [0.2, 0.25) is 0 Å². The third-order valence-corrected chi connectivity index (χ3v) is 3.40. The van der Waals surface area contributed by atoms with Gasteiger partial charge in [0.2, 0.25) is 0 Å². The topological polar surface area (TPSA) is 41.5 Å². The molecule has 3 nitrogen and oxygen atoms in total. The first-order chi connectivity index (χ1) is 9.00. The van der Waals surface area contributed by atoms with Crippen LogP contribution in [-0.2, 0) is 0 Å². The monoisotopic (exact) mass is 265 g/mol. The van der Waals surface area contributed by atoms with Crippen LogP contribution in [0, 0.1) is 0 Å². The van der Waals surface area contributed by atoms with Crippen molar-refractivity contribution in [1.29, 1.82) is 0 Å². The molecular formula is C16H27NO2. The molecule has 0 saturated heterocycles. The molecule has 1 aromatic rings. The zero-order valence-electron chi connectivity index (χ0n) is 12.6. The summed E-state index contributed by atoms with van der Waals surface area (Å²) in [6.07, 6.45) is 0.781. The lowest BCUT2D eigenvalue weighted by atomic mass is 9.99. The number of hydrogen-bond donors (Lipinski definition) is 2. The average molecular weight is 265 g/mol. The summed E-state index contributed by atoms with van der Waals surface area (Å²) in [6, 6.07) is 8.22. The van der Waals surface area contributed by atoms with E-state index in [1.165, 1.54) is 5.56 Å². The Kier molecular flexibility index (Phi) is 6.32. The quantitative estimate of drug-likeness (QED) is 0.759. The van der Waals surface area contributed by atoms with Crippen molar-refractivity contribution in [2.45, 2.75) is 45.6 Å². The van der Waals surface area contributed by atoms with Crippen molar-refractivity contribution in [2.75, 3.05) is 19.8 Å². The van der Waals surface area contributed by atoms with Crippen LogP contribution in [0.25, 0.3) is 0 Å². The minimum absolute atomic E-state index is 0.121. The summed E-state index contributed by atoms with van der Waals surface area (Å²) >= 11 is 0. The van der Waals surface area contributed by atoms with Gasteiger partial charge in [0.25, 0.3) is 0 Å².